The highest BCUT2D eigenvalue weighted by Gasteiger charge is 2.08. The molecular formula is C15H17FN4O. The molecular weight excluding hydrogens is 271 g/mol. The number of nitrogens with zero attached hydrogens (tertiary/aromatic N) is 2. The second-order valence-electron chi connectivity index (χ2n) is 4.87. The average molecular weight is 288 g/mol. The van der Waals surface area contributed by atoms with Crippen LogP contribution in [0.4, 0.5) is 10.3 Å². The zero-order chi connectivity index (χ0) is 15.2. The molecule has 0 fully saturated rings. The Morgan fingerprint density at radius 2 is 1.90 bits per heavy atom. The summed E-state index contributed by atoms with van der Waals surface area (Å²) in [6.45, 7) is 4.06. The van der Waals surface area contributed by atoms with Crippen molar-refractivity contribution < 1.29 is 9.18 Å². The van der Waals surface area contributed by atoms with Crippen LogP contribution in [0.3, 0.4) is 0 Å². The summed E-state index contributed by atoms with van der Waals surface area (Å²) in [5.74, 6) is -0.212. The van der Waals surface area contributed by atoms with Crippen molar-refractivity contribution in [3.8, 4) is 0 Å². The molecule has 6 heteroatoms. The van der Waals surface area contributed by atoms with Crippen LogP contribution in [0.1, 0.15) is 29.8 Å². The summed E-state index contributed by atoms with van der Waals surface area (Å²) in [5.41, 5.74) is 0.769. The summed E-state index contributed by atoms with van der Waals surface area (Å²) >= 11 is 0. The Hall–Kier alpha value is -2.50. The number of hydrogen-bond donors (Lipinski definition) is 2. The van der Waals surface area contributed by atoms with Gasteiger partial charge in [-0.05, 0) is 19.9 Å². The monoisotopic (exact) mass is 288 g/mol. The van der Waals surface area contributed by atoms with Gasteiger partial charge in [0.15, 0.2) is 0 Å². The van der Waals surface area contributed by atoms with Crippen molar-refractivity contribution in [3.63, 3.8) is 0 Å². The maximum absolute atomic E-state index is 13.4. The number of aromatic nitrogens is 2. The van der Waals surface area contributed by atoms with E-state index in [-0.39, 0.29) is 24.3 Å². The number of amides is 1. The molecule has 0 bridgehead atoms. The molecule has 2 aromatic rings. The number of carbonyl (C=O) groups is 1. The summed E-state index contributed by atoms with van der Waals surface area (Å²) in [6.07, 6.45) is 2.88. The number of anilines is 1. The van der Waals surface area contributed by atoms with Crippen LogP contribution in [-0.2, 0) is 6.54 Å². The molecule has 5 nitrogen and oxygen atoms in total. The van der Waals surface area contributed by atoms with E-state index >= 15 is 0 Å². The summed E-state index contributed by atoms with van der Waals surface area (Å²) in [5, 5.41) is 5.67. The minimum Gasteiger partial charge on any atom is -0.352 e. The largest absolute Gasteiger partial charge is 0.352 e. The van der Waals surface area contributed by atoms with E-state index in [4.69, 9.17) is 0 Å². The minimum absolute atomic E-state index is 0.123. The highest BCUT2D eigenvalue weighted by molar-refractivity contribution is 5.93. The lowest BCUT2D eigenvalue weighted by molar-refractivity contribution is 0.0950. The maximum atomic E-state index is 13.4. The van der Waals surface area contributed by atoms with Crippen LogP contribution in [-0.4, -0.2) is 21.9 Å². The number of carbonyl (C=O) groups excluding carboxylic acids is 1. The fraction of sp³-hybridized carbons (Fsp3) is 0.267. The molecule has 2 rings (SSSR count). The molecule has 21 heavy (non-hydrogen) atoms. The standard InChI is InChI=1S/C15H17FN4O/c1-10(2)20-15-18-8-12(9-19-15)14(21)17-7-11-5-3-4-6-13(11)16/h3-6,8-10H,7H2,1-2H3,(H,17,21)(H,18,19,20). The van der Waals surface area contributed by atoms with E-state index in [2.05, 4.69) is 20.6 Å². The van der Waals surface area contributed by atoms with E-state index in [9.17, 15) is 9.18 Å². The Kier molecular flexibility index (Phi) is 4.81. The second kappa shape index (κ2) is 6.78. The Labute approximate surface area is 122 Å². The fourth-order valence-corrected chi connectivity index (χ4v) is 1.70. The summed E-state index contributed by atoms with van der Waals surface area (Å²) in [7, 11) is 0. The quantitative estimate of drug-likeness (QED) is 0.886. The molecule has 0 aliphatic heterocycles. The molecule has 0 spiro atoms. The number of nitrogens with one attached hydrogen (secondary N) is 2. The van der Waals surface area contributed by atoms with Crippen LogP contribution in [0.2, 0.25) is 0 Å². The number of halogens is 1. The summed E-state index contributed by atoms with van der Waals surface area (Å²) in [6, 6.07) is 6.53. The molecule has 0 aliphatic rings. The van der Waals surface area contributed by atoms with Crippen LogP contribution < -0.4 is 10.6 Å². The van der Waals surface area contributed by atoms with Crippen LogP contribution >= 0.6 is 0 Å². The first kappa shape index (κ1) is 14.9. The summed E-state index contributed by atoms with van der Waals surface area (Å²) in [4.78, 5) is 20.0. The van der Waals surface area contributed by atoms with Gasteiger partial charge in [0.2, 0.25) is 5.95 Å². The van der Waals surface area contributed by atoms with Gasteiger partial charge in [0.25, 0.3) is 5.91 Å². The predicted molar refractivity (Wildman–Crippen MR) is 78.4 cm³/mol. The van der Waals surface area contributed by atoms with E-state index in [1.165, 1.54) is 18.5 Å². The molecule has 0 atom stereocenters. The molecule has 0 radical (unpaired) electrons. The molecule has 0 saturated carbocycles. The Bertz CT molecular complexity index is 613. The molecule has 1 aromatic carbocycles. The highest BCUT2D eigenvalue weighted by Crippen LogP contribution is 2.07. The van der Waals surface area contributed by atoms with Crippen LogP contribution in [0.25, 0.3) is 0 Å². The normalized spacial score (nSPS) is 10.5. The van der Waals surface area contributed by atoms with Crippen molar-refractivity contribution >= 4 is 11.9 Å². The van der Waals surface area contributed by atoms with Crippen molar-refractivity contribution in [2.24, 2.45) is 0 Å². The van der Waals surface area contributed by atoms with Crippen molar-refractivity contribution in [2.75, 3.05) is 5.32 Å². The van der Waals surface area contributed by atoms with Crippen LogP contribution in [0.5, 0.6) is 0 Å². The van der Waals surface area contributed by atoms with Crippen molar-refractivity contribution in [1.29, 1.82) is 0 Å². The van der Waals surface area contributed by atoms with Crippen molar-refractivity contribution in [2.45, 2.75) is 26.4 Å². The molecule has 110 valence electrons. The lowest BCUT2D eigenvalue weighted by Gasteiger charge is -2.08. The lowest BCUT2D eigenvalue weighted by atomic mass is 10.2. The highest BCUT2D eigenvalue weighted by atomic mass is 19.1. The van der Waals surface area contributed by atoms with Gasteiger partial charge in [-0.2, -0.15) is 0 Å². The van der Waals surface area contributed by atoms with Gasteiger partial charge in [-0.15, -0.1) is 0 Å². The molecule has 0 saturated heterocycles. The topological polar surface area (TPSA) is 66.9 Å². The van der Waals surface area contributed by atoms with E-state index in [1.807, 2.05) is 13.8 Å². The van der Waals surface area contributed by atoms with Gasteiger partial charge in [0.05, 0.1) is 5.56 Å². The third-order valence-electron chi connectivity index (χ3n) is 2.73. The van der Waals surface area contributed by atoms with E-state index in [0.29, 0.717) is 17.1 Å². The zero-order valence-corrected chi connectivity index (χ0v) is 11.9. The first-order valence-electron chi connectivity index (χ1n) is 6.66. The van der Waals surface area contributed by atoms with Gasteiger partial charge in [0, 0.05) is 30.5 Å². The second-order valence-corrected chi connectivity index (χ2v) is 4.87. The summed E-state index contributed by atoms with van der Waals surface area (Å²) < 4.78 is 13.4. The predicted octanol–water partition coefficient (Wildman–Crippen LogP) is 2.37. The Balaban J connectivity index is 1.96. The number of rotatable bonds is 5. The van der Waals surface area contributed by atoms with Crippen LogP contribution in [0, 0.1) is 5.82 Å². The van der Waals surface area contributed by atoms with Gasteiger partial charge in [0.1, 0.15) is 5.82 Å². The van der Waals surface area contributed by atoms with Gasteiger partial charge >= 0.3 is 0 Å². The molecule has 0 aliphatic carbocycles. The fourth-order valence-electron chi connectivity index (χ4n) is 1.70. The van der Waals surface area contributed by atoms with Crippen molar-refractivity contribution in [1.82, 2.24) is 15.3 Å². The smallest absolute Gasteiger partial charge is 0.254 e. The Morgan fingerprint density at radius 1 is 1.24 bits per heavy atom. The molecule has 1 heterocycles. The van der Waals surface area contributed by atoms with Gasteiger partial charge in [-0.3, -0.25) is 4.79 Å². The van der Waals surface area contributed by atoms with Gasteiger partial charge in [-0.25, -0.2) is 14.4 Å². The lowest BCUT2D eigenvalue weighted by Crippen LogP contribution is -2.24. The van der Waals surface area contributed by atoms with Gasteiger partial charge in [-0.1, -0.05) is 18.2 Å². The van der Waals surface area contributed by atoms with Gasteiger partial charge < -0.3 is 10.6 Å². The third kappa shape index (κ3) is 4.24. The maximum Gasteiger partial charge on any atom is 0.254 e. The molecule has 1 aromatic heterocycles. The SMILES string of the molecule is CC(C)Nc1ncc(C(=O)NCc2ccccc2F)cn1. The number of benzene rings is 1. The minimum atomic E-state index is -0.342. The molecule has 2 N–H and O–H groups in total. The average Bonchev–Trinajstić information content (AvgIpc) is 2.46. The molecule has 1 amide bonds. The van der Waals surface area contributed by atoms with E-state index in [0.717, 1.165) is 0 Å². The Morgan fingerprint density at radius 3 is 2.52 bits per heavy atom. The van der Waals surface area contributed by atoms with Crippen LogP contribution in [0.15, 0.2) is 36.7 Å². The molecule has 0 unspecified atom stereocenters. The third-order valence-corrected chi connectivity index (χ3v) is 2.73. The zero-order valence-electron chi connectivity index (χ0n) is 11.9. The first-order chi connectivity index (χ1) is 10.1. The van der Waals surface area contributed by atoms with Crippen molar-refractivity contribution in [3.05, 3.63) is 53.6 Å². The van der Waals surface area contributed by atoms with E-state index in [1.54, 1.807) is 18.2 Å². The first-order valence-corrected chi connectivity index (χ1v) is 6.66. The van der Waals surface area contributed by atoms with E-state index < -0.39 is 0 Å². The number of hydrogen-bond acceptors (Lipinski definition) is 4.